The first-order valence-corrected chi connectivity index (χ1v) is 7.27. The number of aryl methyl sites for hydroxylation is 1. The Kier molecular flexibility index (Phi) is 3.05. The third kappa shape index (κ3) is 2.42. The summed E-state index contributed by atoms with van der Waals surface area (Å²) in [6.07, 6.45) is 0. The van der Waals surface area contributed by atoms with Crippen LogP contribution < -0.4 is 5.73 Å². The quantitative estimate of drug-likeness (QED) is 0.608. The summed E-state index contributed by atoms with van der Waals surface area (Å²) in [4.78, 5) is 4.76. The summed E-state index contributed by atoms with van der Waals surface area (Å²) in [5.41, 5.74) is 10.3. The van der Waals surface area contributed by atoms with Crippen molar-refractivity contribution >= 4 is 16.9 Å². The second-order valence-corrected chi connectivity index (χ2v) is 5.39. The monoisotopic (exact) mass is 302 g/mol. The van der Waals surface area contributed by atoms with Crippen LogP contribution in [0.3, 0.4) is 0 Å². The van der Waals surface area contributed by atoms with Gasteiger partial charge in [0, 0.05) is 10.9 Å². The van der Waals surface area contributed by atoms with E-state index >= 15 is 0 Å². The zero-order chi connectivity index (χ0) is 15.8. The number of nitrogen functional groups attached to an aromatic ring is 1. The molecule has 2 aromatic heterocycles. The number of hydrogen-bond donors (Lipinski definition) is 1. The lowest BCUT2D eigenvalue weighted by Crippen LogP contribution is -1.91. The summed E-state index contributed by atoms with van der Waals surface area (Å²) in [5, 5.41) is 8.76. The van der Waals surface area contributed by atoms with Gasteiger partial charge in [0.25, 0.3) is 5.89 Å². The maximum Gasteiger partial charge on any atom is 0.313 e. The minimum Gasteiger partial charge on any atom is -0.404 e. The van der Waals surface area contributed by atoms with Gasteiger partial charge in [-0.05, 0) is 25.1 Å². The van der Waals surface area contributed by atoms with E-state index in [0.717, 1.165) is 33.3 Å². The zero-order valence-electron chi connectivity index (χ0n) is 12.5. The first kappa shape index (κ1) is 13.5. The van der Waals surface area contributed by atoms with Crippen LogP contribution in [0.4, 0.5) is 6.01 Å². The van der Waals surface area contributed by atoms with Gasteiger partial charge in [-0.15, -0.1) is 5.10 Å². The molecule has 0 amide bonds. The molecule has 0 radical (unpaired) electrons. The van der Waals surface area contributed by atoms with Crippen LogP contribution in [0.2, 0.25) is 0 Å². The predicted molar refractivity (Wildman–Crippen MR) is 89.6 cm³/mol. The minimum absolute atomic E-state index is 0.0545. The van der Waals surface area contributed by atoms with Gasteiger partial charge in [-0.2, -0.15) is 0 Å². The molecule has 4 rings (SSSR count). The van der Waals surface area contributed by atoms with Crippen molar-refractivity contribution in [2.75, 3.05) is 5.73 Å². The fourth-order valence-electron chi connectivity index (χ4n) is 2.62. The van der Waals surface area contributed by atoms with Gasteiger partial charge in [-0.1, -0.05) is 47.1 Å². The van der Waals surface area contributed by atoms with E-state index in [0.29, 0.717) is 5.89 Å². The number of aromatic nitrogens is 3. The number of pyridine rings is 1. The number of nitrogens with zero attached hydrogens (tertiary/aromatic N) is 3. The summed E-state index contributed by atoms with van der Waals surface area (Å²) in [5.74, 6) is 0.401. The second kappa shape index (κ2) is 5.21. The number of benzene rings is 2. The normalized spacial score (nSPS) is 11.0. The lowest BCUT2D eigenvalue weighted by atomic mass is 10.0. The molecular weight excluding hydrogens is 288 g/mol. The van der Waals surface area contributed by atoms with Crippen LogP contribution in [0.25, 0.3) is 33.6 Å². The van der Waals surface area contributed by atoms with Crippen LogP contribution in [0.15, 0.2) is 59.0 Å². The molecule has 0 unspecified atom stereocenters. The average molecular weight is 302 g/mol. The molecule has 2 aromatic carbocycles. The van der Waals surface area contributed by atoms with Crippen LogP contribution in [-0.4, -0.2) is 15.2 Å². The van der Waals surface area contributed by atoms with Crippen LogP contribution in [0.5, 0.6) is 0 Å². The Morgan fingerprint density at radius 1 is 0.957 bits per heavy atom. The first-order chi connectivity index (χ1) is 11.2. The SMILES string of the molecule is Cc1ccc2nc(-c3ccccc3)cc(-c3nnc(N)o3)c2c1. The topological polar surface area (TPSA) is 77.8 Å². The van der Waals surface area contributed by atoms with Crippen molar-refractivity contribution in [2.45, 2.75) is 6.92 Å². The van der Waals surface area contributed by atoms with Crippen molar-refractivity contribution in [1.29, 1.82) is 0 Å². The number of nitrogens with two attached hydrogens (primary N) is 1. The van der Waals surface area contributed by atoms with Gasteiger partial charge in [0.1, 0.15) is 0 Å². The number of anilines is 1. The minimum atomic E-state index is 0.0545. The smallest absolute Gasteiger partial charge is 0.313 e. The molecule has 0 saturated heterocycles. The van der Waals surface area contributed by atoms with E-state index in [1.807, 2.05) is 55.5 Å². The molecular formula is C18H14N4O. The van der Waals surface area contributed by atoms with Crippen molar-refractivity contribution < 1.29 is 4.42 Å². The fourth-order valence-corrected chi connectivity index (χ4v) is 2.62. The molecule has 23 heavy (non-hydrogen) atoms. The van der Waals surface area contributed by atoms with Crippen molar-refractivity contribution in [1.82, 2.24) is 15.2 Å². The maximum atomic E-state index is 5.58. The number of fused-ring (bicyclic) bond motifs is 1. The van der Waals surface area contributed by atoms with Crippen LogP contribution in [0, 0.1) is 6.92 Å². The van der Waals surface area contributed by atoms with Gasteiger partial charge in [0.15, 0.2) is 0 Å². The Labute approximate surface area is 132 Å². The van der Waals surface area contributed by atoms with Crippen LogP contribution in [0.1, 0.15) is 5.56 Å². The van der Waals surface area contributed by atoms with E-state index in [1.54, 1.807) is 0 Å². The molecule has 112 valence electrons. The molecule has 0 aliphatic rings. The molecule has 2 N–H and O–H groups in total. The van der Waals surface area contributed by atoms with Gasteiger partial charge >= 0.3 is 6.01 Å². The molecule has 0 spiro atoms. The summed E-state index contributed by atoms with van der Waals surface area (Å²) in [6, 6.07) is 18.1. The Hall–Kier alpha value is -3.21. The fraction of sp³-hybridized carbons (Fsp3) is 0.0556. The van der Waals surface area contributed by atoms with Crippen LogP contribution in [-0.2, 0) is 0 Å². The van der Waals surface area contributed by atoms with Crippen molar-refractivity contribution in [3.8, 4) is 22.7 Å². The van der Waals surface area contributed by atoms with Crippen molar-refractivity contribution in [2.24, 2.45) is 0 Å². The van der Waals surface area contributed by atoms with E-state index < -0.39 is 0 Å². The lowest BCUT2D eigenvalue weighted by molar-refractivity contribution is 0.591. The van der Waals surface area contributed by atoms with Gasteiger partial charge in [-0.3, -0.25) is 0 Å². The Morgan fingerprint density at radius 2 is 1.78 bits per heavy atom. The molecule has 0 fully saturated rings. The van der Waals surface area contributed by atoms with E-state index in [4.69, 9.17) is 15.1 Å². The van der Waals surface area contributed by atoms with E-state index in [2.05, 4.69) is 16.3 Å². The molecule has 0 saturated carbocycles. The highest BCUT2D eigenvalue weighted by molar-refractivity contribution is 5.95. The van der Waals surface area contributed by atoms with E-state index in [9.17, 15) is 0 Å². The molecule has 5 nitrogen and oxygen atoms in total. The van der Waals surface area contributed by atoms with Crippen molar-refractivity contribution in [3.05, 3.63) is 60.2 Å². The summed E-state index contributed by atoms with van der Waals surface area (Å²) in [6.45, 7) is 2.04. The van der Waals surface area contributed by atoms with Crippen molar-refractivity contribution in [3.63, 3.8) is 0 Å². The van der Waals surface area contributed by atoms with E-state index in [-0.39, 0.29) is 6.01 Å². The number of rotatable bonds is 2. The van der Waals surface area contributed by atoms with E-state index in [1.165, 1.54) is 0 Å². The number of hydrogen-bond acceptors (Lipinski definition) is 5. The third-order valence-electron chi connectivity index (χ3n) is 3.70. The summed E-state index contributed by atoms with van der Waals surface area (Å²) >= 11 is 0. The Bertz CT molecular complexity index is 993. The van der Waals surface area contributed by atoms with Gasteiger partial charge in [-0.25, -0.2) is 4.98 Å². The highest BCUT2D eigenvalue weighted by Crippen LogP contribution is 2.32. The van der Waals surface area contributed by atoms with Gasteiger partial charge in [0.05, 0.1) is 16.8 Å². The van der Waals surface area contributed by atoms with Gasteiger partial charge in [0.2, 0.25) is 0 Å². The third-order valence-corrected chi connectivity index (χ3v) is 3.70. The molecule has 0 aliphatic carbocycles. The Morgan fingerprint density at radius 3 is 2.52 bits per heavy atom. The summed E-state index contributed by atoms with van der Waals surface area (Å²) < 4.78 is 5.44. The molecule has 0 atom stereocenters. The molecule has 2 heterocycles. The molecule has 4 aromatic rings. The summed E-state index contributed by atoms with van der Waals surface area (Å²) in [7, 11) is 0. The van der Waals surface area contributed by atoms with Gasteiger partial charge < -0.3 is 10.2 Å². The zero-order valence-corrected chi connectivity index (χ0v) is 12.5. The highest BCUT2D eigenvalue weighted by atomic mass is 16.4. The lowest BCUT2D eigenvalue weighted by Gasteiger charge is -2.08. The molecule has 0 aliphatic heterocycles. The average Bonchev–Trinajstić information content (AvgIpc) is 3.01. The largest absolute Gasteiger partial charge is 0.404 e. The second-order valence-electron chi connectivity index (χ2n) is 5.39. The highest BCUT2D eigenvalue weighted by Gasteiger charge is 2.14. The molecule has 5 heteroatoms. The standard InChI is InChI=1S/C18H14N4O/c1-11-7-8-15-13(9-11)14(17-21-22-18(19)23-17)10-16(20-15)12-5-3-2-4-6-12/h2-10H,1H3,(H2,19,22). The Balaban J connectivity index is 2.03. The maximum absolute atomic E-state index is 5.58. The first-order valence-electron chi connectivity index (χ1n) is 7.27. The molecule has 0 bridgehead atoms. The predicted octanol–water partition coefficient (Wildman–Crippen LogP) is 3.84. The van der Waals surface area contributed by atoms with Crippen LogP contribution >= 0.6 is 0 Å².